The van der Waals surface area contributed by atoms with E-state index < -0.39 is 23.0 Å². The van der Waals surface area contributed by atoms with Gasteiger partial charge < -0.3 is 5.32 Å². The maximum absolute atomic E-state index is 13.5. The largest absolute Gasteiger partial charge is 0.340 e. The Labute approximate surface area is 158 Å². The van der Waals surface area contributed by atoms with Crippen molar-refractivity contribution in [2.75, 3.05) is 5.32 Å². The van der Waals surface area contributed by atoms with E-state index in [0.717, 1.165) is 0 Å². The highest BCUT2D eigenvalue weighted by atomic mass is 19.1. The highest BCUT2D eigenvalue weighted by molar-refractivity contribution is 6.23. The molecule has 2 aromatic carbocycles. The summed E-state index contributed by atoms with van der Waals surface area (Å²) in [4.78, 5) is 40.4. The lowest BCUT2D eigenvalue weighted by molar-refractivity contribution is 0.103. The van der Waals surface area contributed by atoms with Crippen LogP contribution in [0.15, 0.2) is 63.7 Å². The van der Waals surface area contributed by atoms with E-state index in [-0.39, 0.29) is 11.3 Å². The fourth-order valence-electron chi connectivity index (χ4n) is 4.02. The first kappa shape index (κ1) is 16.4. The van der Waals surface area contributed by atoms with Gasteiger partial charge in [0.15, 0.2) is 5.78 Å². The minimum Gasteiger partial charge on any atom is -0.340 e. The number of allylic oxidation sites excluding steroid dienone is 1. The number of nitrogens with zero attached hydrogens (tertiary/aromatic N) is 1. The molecule has 3 aromatic rings. The zero-order valence-electron chi connectivity index (χ0n) is 14.7. The molecular formula is C21H14FN3O3. The molecular weight excluding hydrogens is 361 g/mol. The number of aromatic amines is 1. The van der Waals surface area contributed by atoms with Crippen LogP contribution in [-0.4, -0.2) is 15.3 Å². The van der Waals surface area contributed by atoms with Gasteiger partial charge in [-0.25, -0.2) is 9.18 Å². The van der Waals surface area contributed by atoms with Gasteiger partial charge in [0.25, 0.3) is 5.56 Å². The fraction of sp³-hybridized carbons (Fsp3) is 0.0952. The number of hydrogen-bond acceptors (Lipinski definition) is 4. The van der Waals surface area contributed by atoms with Crippen LogP contribution in [0.5, 0.6) is 0 Å². The van der Waals surface area contributed by atoms with Crippen LogP contribution in [0.3, 0.4) is 0 Å². The van der Waals surface area contributed by atoms with Gasteiger partial charge in [0.2, 0.25) is 0 Å². The number of halogens is 1. The number of hydrogen-bond donors (Lipinski definition) is 2. The Morgan fingerprint density at radius 3 is 2.36 bits per heavy atom. The first-order valence-electron chi connectivity index (χ1n) is 8.71. The van der Waals surface area contributed by atoms with E-state index in [0.29, 0.717) is 33.8 Å². The molecule has 0 radical (unpaired) electrons. The molecule has 2 heterocycles. The third kappa shape index (κ3) is 2.10. The molecule has 0 saturated carbocycles. The van der Waals surface area contributed by atoms with Gasteiger partial charge >= 0.3 is 5.69 Å². The summed E-state index contributed by atoms with van der Waals surface area (Å²) < 4.78 is 14.8. The molecule has 1 atom stereocenters. The minimum atomic E-state index is -0.720. The predicted octanol–water partition coefficient (Wildman–Crippen LogP) is 2.38. The molecule has 6 nitrogen and oxygen atoms in total. The first-order valence-corrected chi connectivity index (χ1v) is 8.71. The van der Waals surface area contributed by atoms with Crippen molar-refractivity contribution in [3.8, 4) is 0 Å². The number of nitrogens with one attached hydrogen (secondary N) is 2. The van der Waals surface area contributed by atoms with Crippen LogP contribution < -0.4 is 16.6 Å². The molecule has 0 saturated heterocycles. The van der Waals surface area contributed by atoms with Crippen LogP contribution in [0.4, 0.5) is 10.2 Å². The van der Waals surface area contributed by atoms with Crippen molar-refractivity contribution in [3.63, 3.8) is 0 Å². The second-order valence-electron chi connectivity index (χ2n) is 6.85. The van der Waals surface area contributed by atoms with Gasteiger partial charge in [-0.1, -0.05) is 36.4 Å². The lowest BCUT2D eigenvalue weighted by atomic mass is 9.81. The molecule has 28 heavy (non-hydrogen) atoms. The van der Waals surface area contributed by atoms with Crippen molar-refractivity contribution in [1.29, 1.82) is 0 Å². The number of ketones is 1. The Kier molecular flexibility index (Phi) is 3.30. The maximum atomic E-state index is 13.5. The molecule has 0 unspecified atom stereocenters. The summed E-state index contributed by atoms with van der Waals surface area (Å²) in [6.45, 7) is 0. The second-order valence-corrected chi connectivity index (χ2v) is 6.85. The smallest absolute Gasteiger partial charge is 0.329 e. The van der Waals surface area contributed by atoms with Crippen LogP contribution in [0.25, 0.3) is 5.70 Å². The number of aromatic nitrogens is 2. The summed E-state index contributed by atoms with van der Waals surface area (Å²) >= 11 is 0. The van der Waals surface area contributed by atoms with E-state index in [1.807, 2.05) is 12.1 Å². The molecule has 0 amide bonds. The topological polar surface area (TPSA) is 84.0 Å². The molecule has 1 aliphatic heterocycles. The van der Waals surface area contributed by atoms with Gasteiger partial charge in [0.05, 0.1) is 11.3 Å². The van der Waals surface area contributed by atoms with Gasteiger partial charge in [-0.15, -0.1) is 0 Å². The lowest BCUT2D eigenvalue weighted by Gasteiger charge is -2.28. The van der Waals surface area contributed by atoms with E-state index >= 15 is 0 Å². The van der Waals surface area contributed by atoms with Crippen LogP contribution in [-0.2, 0) is 7.05 Å². The lowest BCUT2D eigenvalue weighted by Crippen LogP contribution is -2.37. The Balaban J connectivity index is 1.87. The summed E-state index contributed by atoms with van der Waals surface area (Å²) in [7, 11) is 1.54. The molecule has 7 heteroatoms. The van der Waals surface area contributed by atoms with Crippen molar-refractivity contribution in [1.82, 2.24) is 9.55 Å². The molecule has 0 bridgehead atoms. The summed E-state index contributed by atoms with van der Waals surface area (Å²) in [5.74, 6) is -0.998. The number of Topliss-reactive ketones (excluding diaryl/α,β-unsaturated/α-hetero) is 1. The molecule has 1 aliphatic carbocycles. The number of carbonyl (C=O) groups is 1. The Morgan fingerprint density at radius 2 is 1.64 bits per heavy atom. The number of rotatable bonds is 1. The standard InChI is InChI=1S/C21H14FN3O3/c1-25-19-16(20(27)24-21(25)28)14(10-6-8-11(22)9-7-10)15-17(23-19)12-4-2-3-5-13(12)18(15)26/h2-9,14,23H,1H3,(H,24,27,28)/t14-/m1/s1. The van der Waals surface area contributed by atoms with Gasteiger partial charge in [-0.3, -0.25) is 19.1 Å². The monoisotopic (exact) mass is 375 g/mol. The van der Waals surface area contributed by atoms with Crippen molar-refractivity contribution < 1.29 is 9.18 Å². The highest BCUT2D eigenvalue weighted by Gasteiger charge is 2.42. The number of H-pyrrole nitrogens is 1. The molecule has 0 fully saturated rings. The average molecular weight is 375 g/mol. The van der Waals surface area contributed by atoms with Gasteiger partial charge in [-0.05, 0) is 17.7 Å². The van der Waals surface area contributed by atoms with Crippen molar-refractivity contribution in [2.24, 2.45) is 7.05 Å². The fourth-order valence-corrected chi connectivity index (χ4v) is 4.02. The van der Waals surface area contributed by atoms with Crippen molar-refractivity contribution >= 4 is 17.3 Å². The summed E-state index contributed by atoms with van der Waals surface area (Å²) in [5, 5.41) is 3.13. The van der Waals surface area contributed by atoms with E-state index in [9.17, 15) is 18.8 Å². The summed E-state index contributed by atoms with van der Waals surface area (Å²) in [6, 6.07) is 12.8. The van der Waals surface area contributed by atoms with E-state index in [1.165, 1.54) is 16.7 Å². The molecule has 5 rings (SSSR count). The Bertz CT molecular complexity index is 1320. The average Bonchev–Trinajstić information content (AvgIpc) is 2.98. The Hall–Kier alpha value is -3.74. The predicted molar refractivity (Wildman–Crippen MR) is 102 cm³/mol. The number of anilines is 1. The van der Waals surface area contributed by atoms with Crippen LogP contribution in [0.2, 0.25) is 0 Å². The van der Waals surface area contributed by atoms with Gasteiger partial charge in [0.1, 0.15) is 11.6 Å². The van der Waals surface area contributed by atoms with Crippen molar-refractivity contribution in [2.45, 2.75) is 5.92 Å². The highest BCUT2D eigenvalue weighted by Crippen LogP contribution is 2.47. The van der Waals surface area contributed by atoms with E-state index in [1.54, 1.807) is 31.3 Å². The quantitative estimate of drug-likeness (QED) is 0.684. The van der Waals surface area contributed by atoms with E-state index in [2.05, 4.69) is 10.3 Å². The number of benzene rings is 2. The molecule has 2 aliphatic rings. The zero-order valence-corrected chi connectivity index (χ0v) is 14.7. The molecule has 1 aromatic heterocycles. The van der Waals surface area contributed by atoms with Gasteiger partial charge in [-0.2, -0.15) is 0 Å². The van der Waals surface area contributed by atoms with Crippen molar-refractivity contribution in [3.05, 3.63) is 103 Å². The maximum Gasteiger partial charge on any atom is 0.329 e. The normalized spacial score (nSPS) is 17.1. The Morgan fingerprint density at radius 1 is 0.964 bits per heavy atom. The minimum absolute atomic E-state index is 0.189. The molecule has 0 spiro atoms. The number of carbonyl (C=O) groups excluding carboxylic acids is 1. The van der Waals surface area contributed by atoms with Crippen LogP contribution in [0, 0.1) is 5.82 Å². The van der Waals surface area contributed by atoms with E-state index in [4.69, 9.17) is 0 Å². The van der Waals surface area contributed by atoms with Crippen LogP contribution in [0.1, 0.15) is 33.0 Å². The van der Waals surface area contributed by atoms with Gasteiger partial charge in [0, 0.05) is 29.7 Å². The number of fused-ring (bicyclic) bond motifs is 3. The third-order valence-corrected chi connectivity index (χ3v) is 5.34. The summed E-state index contributed by atoms with van der Waals surface area (Å²) in [5.41, 5.74) is 1.96. The molecule has 138 valence electrons. The molecule has 2 N–H and O–H groups in total. The second kappa shape index (κ2) is 5.63. The zero-order chi connectivity index (χ0) is 19.6. The first-order chi connectivity index (χ1) is 13.5. The third-order valence-electron chi connectivity index (χ3n) is 5.34. The SMILES string of the molecule is Cn1c2c(c(=O)[nH]c1=O)[C@H](c1ccc(F)cc1)C1=C(N2)c2ccccc2C1=O. The van der Waals surface area contributed by atoms with Crippen LogP contribution >= 0.6 is 0 Å². The summed E-state index contributed by atoms with van der Waals surface area (Å²) in [6.07, 6.45) is 0.